The Hall–Kier alpha value is -2.37. The molecule has 0 radical (unpaired) electrons. The number of rotatable bonds is 4. The molecule has 3 heterocycles. The van der Waals surface area contributed by atoms with Crippen LogP contribution in [0.4, 0.5) is 5.82 Å². The van der Waals surface area contributed by atoms with Crippen molar-refractivity contribution in [3.63, 3.8) is 0 Å². The molecule has 22 heavy (non-hydrogen) atoms. The topological polar surface area (TPSA) is 71.3 Å². The number of carbonyl (C=O) groups is 1. The molecule has 1 N–H and O–H groups in total. The van der Waals surface area contributed by atoms with Crippen LogP contribution >= 0.6 is 0 Å². The summed E-state index contributed by atoms with van der Waals surface area (Å²) in [6, 6.07) is 7.19. The first-order valence-corrected chi connectivity index (χ1v) is 7.61. The third-order valence-electron chi connectivity index (χ3n) is 3.87. The van der Waals surface area contributed by atoms with Crippen LogP contribution in [0, 0.1) is 5.92 Å². The minimum Gasteiger partial charge on any atom is -0.467 e. The Bertz CT molecular complexity index is 610. The quantitative estimate of drug-likeness (QED) is 0.937. The molecule has 2 aromatic rings. The molecule has 0 aromatic carbocycles. The van der Waals surface area contributed by atoms with Gasteiger partial charge in [-0.15, -0.1) is 10.2 Å². The van der Waals surface area contributed by atoms with Crippen LogP contribution in [0.1, 0.15) is 36.0 Å². The average molecular weight is 300 g/mol. The van der Waals surface area contributed by atoms with Gasteiger partial charge in [-0.05, 0) is 43.0 Å². The van der Waals surface area contributed by atoms with Crippen LogP contribution in [0.5, 0.6) is 0 Å². The zero-order valence-corrected chi connectivity index (χ0v) is 12.7. The van der Waals surface area contributed by atoms with E-state index in [4.69, 9.17) is 4.42 Å². The lowest BCUT2D eigenvalue weighted by Gasteiger charge is -2.31. The maximum absolute atomic E-state index is 12.0. The van der Waals surface area contributed by atoms with E-state index in [1.807, 2.05) is 12.1 Å². The molecule has 1 fully saturated rings. The van der Waals surface area contributed by atoms with Crippen LogP contribution < -0.4 is 10.2 Å². The minimum absolute atomic E-state index is 0.248. The normalized spacial score (nSPS) is 18.2. The molecule has 0 saturated carbocycles. The lowest BCUT2D eigenvalue weighted by molar-refractivity contribution is 0.0942. The zero-order valence-electron chi connectivity index (χ0n) is 12.7. The summed E-state index contributed by atoms with van der Waals surface area (Å²) in [7, 11) is 0. The number of furan rings is 1. The third-order valence-corrected chi connectivity index (χ3v) is 3.87. The maximum atomic E-state index is 12.0. The third kappa shape index (κ3) is 3.44. The van der Waals surface area contributed by atoms with Gasteiger partial charge in [-0.1, -0.05) is 6.92 Å². The van der Waals surface area contributed by atoms with Gasteiger partial charge in [0, 0.05) is 13.1 Å². The van der Waals surface area contributed by atoms with Crippen molar-refractivity contribution in [2.24, 2.45) is 5.92 Å². The van der Waals surface area contributed by atoms with Crippen LogP contribution in [0.3, 0.4) is 0 Å². The van der Waals surface area contributed by atoms with E-state index < -0.39 is 0 Å². The summed E-state index contributed by atoms with van der Waals surface area (Å²) < 4.78 is 5.17. The fourth-order valence-electron chi connectivity index (χ4n) is 2.68. The molecule has 1 amide bonds. The highest BCUT2D eigenvalue weighted by molar-refractivity contribution is 5.92. The van der Waals surface area contributed by atoms with Gasteiger partial charge in [-0.25, -0.2) is 0 Å². The number of aromatic nitrogens is 2. The fourth-order valence-corrected chi connectivity index (χ4v) is 2.68. The summed E-state index contributed by atoms with van der Waals surface area (Å²) in [5, 5.41) is 11.0. The molecule has 6 heteroatoms. The molecule has 0 aliphatic carbocycles. The number of nitrogens with one attached hydrogen (secondary N) is 1. The summed E-state index contributed by atoms with van der Waals surface area (Å²) in [5.41, 5.74) is 0.320. The predicted octanol–water partition coefficient (Wildman–Crippen LogP) is 2.24. The van der Waals surface area contributed by atoms with E-state index in [0.29, 0.717) is 23.9 Å². The SMILES string of the molecule is CC1CCCN(c2ccc(C(=O)NCc3ccco3)nn2)C1. The largest absolute Gasteiger partial charge is 0.467 e. The first kappa shape index (κ1) is 14.6. The molecule has 0 spiro atoms. The highest BCUT2D eigenvalue weighted by Gasteiger charge is 2.18. The number of piperidine rings is 1. The van der Waals surface area contributed by atoms with Gasteiger partial charge in [0.1, 0.15) is 5.76 Å². The van der Waals surface area contributed by atoms with E-state index in [0.717, 1.165) is 18.9 Å². The summed E-state index contributed by atoms with van der Waals surface area (Å²) in [6.45, 7) is 4.59. The maximum Gasteiger partial charge on any atom is 0.272 e. The Labute approximate surface area is 129 Å². The molecule has 1 saturated heterocycles. The molecule has 2 aromatic heterocycles. The van der Waals surface area contributed by atoms with Crippen molar-refractivity contribution in [1.82, 2.24) is 15.5 Å². The Balaban J connectivity index is 1.59. The highest BCUT2D eigenvalue weighted by Crippen LogP contribution is 2.20. The van der Waals surface area contributed by atoms with Gasteiger partial charge in [0.2, 0.25) is 0 Å². The van der Waals surface area contributed by atoms with Crippen molar-refractivity contribution in [3.8, 4) is 0 Å². The highest BCUT2D eigenvalue weighted by atomic mass is 16.3. The van der Waals surface area contributed by atoms with Crippen LogP contribution in [0.2, 0.25) is 0 Å². The van der Waals surface area contributed by atoms with Crippen molar-refractivity contribution in [2.45, 2.75) is 26.3 Å². The van der Waals surface area contributed by atoms with E-state index in [1.54, 1.807) is 18.4 Å². The molecule has 1 aliphatic heterocycles. The van der Waals surface area contributed by atoms with E-state index >= 15 is 0 Å². The van der Waals surface area contributed by atoms with Crippen molar-refractivity contribution >= 4 is 11.7 Å². The minimum atomic E-state index is -0.248. The van der Waals surface area contributed by atoms with Gasteiger partial charge < -0.3 is 14.6 Å². The van der Waals surface area contributed by atoms with Gasteiger partial charge in [0.25, 0.3) is 5.91 Å². The Morgan fingerprint density at radius 2 is 2.32 bits per heavy atom. The monoisotopic (exact) mass is 300 g/mol. The second-order valence-electron chi connectivity index (χ2n) is 5.73. The molecule has 1 aliphatic rings. The lowest BCUT2D eigenvalue weighted by Crippen LogP contribution is -2.35. The predicted molar refractivity (Wildman–Crippen MR) is 82.5 cm³/mol. The van der Waals surface area contributed by atoms with Crippen molar-refractivity contribution in [1.29, 1.82) is 0 Å². The number of nitrogens with zero attached hydrogens (tertiary/aromatic N) is 3. The molecular weight excluding hydrogens is 280 g/mol. The molecule has 1 unspecified atom stereocenters. The molecule has 0 bridgehead atoms. The smallest absolute Gasteiger partial charge is 0.272 e. The fraction of sp³-hybridized carbons (Fsp3) is 0.438. The molecule has 1 atom stereocenters. The first-order chi connectivity index (χ1) is 10.7. The molecule has 116 valence electrons. The Morgan fingerprint density at radius 3 is 3.00 bits per heavy atom. The van der Waals surface area contributed by atoms with E-state index in [1.165, 1.54) is 12.8 Å². The van der Waals surface area contributed by atoms with E-state index in [-0.39, 0.29) is 5.91 Å². The summed E-state index contributed by atoms with van der Waals surface area (Å²) in [5.74, 6) is 1.98. The zero-order chi connectivity index (χ0) is 15.4. The van der Waals surface area contributed by atoms with Crippen LogP contribution in [0.15, 0.2) is 34.9 Å². The first-order valence-electron chi connectivity index (χ1n) is 7.61. The number of hydrogen-bond acceptors (Lipinski definition) is 5. The Kier molecular flexibility index (Phi) is 4.37. The number of carbonyl (C=O) groups excluding carboxylic acids is 1. The summed E-state index contributed by atoms with van der Waals surface area (Å²) >= 11 is 0. The summed E-state index contributed by atoms with van der Waals surface area (Å²) in [6.07, 6.45) is 4.02. The van der Waals surface area contributed by atoms with Gasteiger partial charge in [-0.2, -0.15) is 0 Å². The second-order valence-corrected chi connectivity index (χ2v) is 5.73. The number of hydrogen-bond donors (Lipinski definition) is 1. The van der Waals surface area contributed by atoms with Crippen LogP contribution in [-0.4, -0.2) is 29.2 Å². The number of anilines is 1. The van der Waals surface area contributed by atoms with Gasteiger partial charge in [-0.3, -0.25) is 4.79 Å². The van der Waals surface area contributed by atoms with E-state index in [9.17, 15) is 4.79 Å². The van der Waals surface area contributed by atoms with Gasteiger partial charge >= 0.3 is 0 Å². The van der Waals surface area contributed by atoms with E-state index in [2.05, 4.69) is 27.3 Å². The molecular formula is C16H20N4O2. The van der Waals surface area contributed by atoms with Gasteiger partial charge in [0.15, 0.2) is 11.5 Å². The van der Waals surface area contributed by atoms with Gasteiger partial charge in [0.05, 0.1) is 12.8 Å². The standard InChI is InChI=1S/C16H20N4O2/c1-12-4-2-8-20(11-12)15-7-6-14(18-19-15)16(21)17-10-13-5-3-9-22-13/h3,5-7,9,12H,2,4,8,10-11H2,1H3,(H,17,21). The Morgan fingerprint density at radius 1 is 1.41 bits per heavy atom. The van der Waals surface area contributed by atoms with Crippen molar-refractivity contribution in [2.75, 3.05) is 18.0 Å². The van der Waals surface area contributed by atoms with Crippen molar-refractivity contribution < 1.29 is 9.21 Å². The summed E-state index contributed by atoms with van der Waals surface area (Å²) in [4.78, 5) is 14.2. The van der Waals surface area contributed by atoms with Crippen LogP contribution in [0.25, 0.3) is 0 Å². The second kappa shape index (κ2) is 6.60. The molecule has 6 nitrogen and oxygen atoms in total. The number of amides is 1. The lowest BCUT2D eigenvalue weighted by atomic mass is 10.0. The molecule has 3 rings (SSSR count). The van der Waals surface area contributed by atoms with Crippen LogP contribution in [-0.2, 0) is 6.54 Å². The van der Waals surface area contributed by atoms with Crippen molar-refractivity contribution in [3.05, 3.63) is 42.0 Å². The average Bonchev–Trinajstić information content (AvgIpc) is 3.06.